The Morgan fingerprint density at radius 1 is 1.00 bits per heavy atom. The topological polar surface area (TPSA) is 67.6 Å². The van der Waals surface area contributed by atoms with Crippen LogP contribution in [0.5, 0.6) is 0 Å². The molecule has 0 N–H and O–H groups in total. The molecule has 0 radical (unpaired) electrons. The molecule has 2 aromatic carbocycles. The number of benzene rings is 2. The van der Waals surface area contributed by atoms with Crippen LogP contribution >= 0.6 is 0 Å². The van der Waals surface area contributed by atoms with Gasteiger partial charge < -0.3 is 8.98 Å². The van der Waals surface area contributed by atoms with Gasteiger partial charge in [-0.15, -0.1) is 10.2 Å². The van der Waals surface area contributed by atoms with Gasteiger partial charge in [0.25, 0.3) is 0 Å². The molecule has 1 aliphatic rings. The van der Waals surface area contributed by atoms with Crippen molar-refractivity contribution in [2.75, 3.05) is 0 Å². The van der Waals surface area contributed by atoms with Crippen LogP contribution in [-0.2, 0) is 18.9 Å². The summed E-state index contributed by atoms with van der Waals surface area (Å²) in [5.74, 6) is -0.0390. The molecule has 0 saturated heterocycles. The van der Waals surface area contributed by atoms with Crippen LogP contribution in [0.15, 0.2) is 46.9 Å². The SMILES string of the molecule is N#Cc1ccc2c(cc(C3CC3)n2Cc2nnc(-c3cccc(C(F)(F)F)c3)o2)c1C(F)(F)F. The molecular weight excluding hydrogens is 462 g/mol. The highest BCUT2D eigenvalue weighted by Gasteiger charge is 2.38. The Balaban J connectivity index is 1.56. The zero-order valence-electron chi connectivity index (χ0n) is 17.2. The van der Waals surface area contributed by atoms with Gasteiger partial charge in [0.1, 0.15) is 6.54 Å². The van der Waals surface area contributed by atoms with Gasteiger partial charge in [-0.05, 0) is 55.2 Å². The summed E-state index contributed by atoms with van der Waals surface area (Å²) >= 11 is 0. The second-order valence-electron chi connectivity index (χ2n) is 8.04. The maximum absolute atomic E-state index is 13.8. The van der Waals surface area contributed by atoms with E-state index in [-0.39, 0.29) is 40.7 Å². The van der Waals surface area contributed by atoms with Crippen molar-refractivity contribution in [3.05, 3.63) is 70.7 Å². The molecule has 2 aromatic heterocycles. The molecule has 5 rings (SSSR count). The fourth-order valence-corrected chi connectivity index (χ4v) is 4.05. The minimum atomic E-state index is -4.72. The lowest BCUT2D eigenvalue weighted by atomic mass is 10.0. The van der Waals surface area contributed by atoms with E-state index < -0.39 is 29.0 Å². The molecule has 0 atom stereocenters. The van der Waals surface area contributed by atoms with Crippen LogP contribution in [0.4, 0.5) is 26.3 Å². The van der Waals surface area contributed by atoms with Crippen LogP contribution in [-0.4, -0.2) is 14.8 Å². The molecule has 2 heterocycles. The van der Waals surface area contributed by atoms with Crippen LogP contribution < -0.4 is 0 Å². The third kappa shape index (κ3) is 3.89. The van der Waals surface area contributed by atoms with Crippen molar-refractivity contribution >= 4 is 10.9 Å². The summed E-state index contributed by atoms with van der Waals surface area (Å²) in [6.45, 7) is -0.0650. The van der Waals surface area contributed by atoms with Gasteiger partial charge in [-0.2, -0.15) is 31.6 Å². The van der Waals surface area contributed by atoms with Crippen LogP contribution in [0.25, 0.3) is 22.4 Å². The fraction of sp³-hybridized carbons (Fsp3) is 0.261. The highest BCUT2D eigenvalue weighted by atomic mass is 19.4. The van der Waals surface area contributed by atoms with Crippen molar-refractivity contribution in [1.82, 2.24) is 14.8 Å². The number of nitrogens with zero attached hydrogens (tertiary/aromatic N) is 4. The summed E-state index contributed by atoms with van der Waals surface area (Å²) in [5, 5.41) is 16.8. The van der Waals surface area contributed by atoms with E-state index in [0.29, 0.717) is 5.69 Å². The first-order valence-electron chi connectivity index (χ1n) is 10.2. The molecule has 1 aliphatic carbocycles. The van der Waals surface area contributed by atoms with Crippen LogP contribution in [0, 0.1) is 11.3 Å². The molecule has 4 aromatic rings. The Hall–Kier alpha value is -3.81. The van der Waals surface area contributed by atoms with Gasteiger partial charge in [0.15, 0.2) is 0 Å². The number of halogens is 6. The van der Waals surface area contributed by atoms with E-state index in [2.05, 4.69) is 10.2 Å². The normalized spacial score (nSPS) is 14.5. The highest BCUT2D eigenvalue weighted by Crippen LogP contribution is 2.45. The molecule has 34 heavy (non-hydrogen) atoms. The first kappa shape index (κ1) is 22.0. The Labute approximate surface area is 188 Å². The molecular formula is C23H14F6N4O. The summed E-state index contributed by atoms with van der Waals surface area (Å²) in [5.41, 5.74) is -1.36. The second kappa shape index (κ2) is 7.62. The van der Waals surface area contributed by atoms with E-state index in [1.165, 1.54) is 24.3 Å². The van der Waals surface area contributed by atoms with Crippen LogP contribution in [0.2, 0.25) is 0 Å². The summed E-state index contributed by atoms with van der Waals surface area (Å²) < 4.78 is 87.6. The number of rotatable bonds is 4. The Bertz CT molecular complexity index is 1440. The Kier molecular flexibility index (Phi) is 4.93. The number of nitriles is 1. The largest absolute Gasteiger partial charge is 0.419 e. The predicted molar refractivity (Wildman–Crippen MR) is 107 cm³/mol. The number of alkyl halides is 6. The van der Waals surface area contributed by atoms with Crippen LogP contribution in [0.3, 0.4) is 0 Å². The number of hydrogen-bond donors (Lipinski definition) is 0. The number of aromatic nitrogens is 3. The number of hydrogen-bond acceptors (Lipinski definition) is 4. The van der Waals surface area contributed by atoms with Gasteiger partial charge in [0.05, 0.1) is 22.8 Å². The lowest BCUT2D eigenvalue weighted by Crippen LogP contribution is -2.09. The van der Waals surface area contributed by atoms with E-state index in [9.17, 15) is 31.6 Å². The van der Waals surface area contributed by atoms with Gasteiger partial charge in [-0.3, -0.25) is 0 Å². The van der Waals surface area contributed by atoms with Crippen molar-refractivity contribution in [2.45, 2.75) is 37.7 Å². The van der Waals surface area contributed by atoms with E-state index >= 15 is 0 Å². The van der Waals surface area contributed by atoms with Crippen LogP contribution in [0.1, 0.15) is 47.0 Å². The quantitative estimate of drug-likeness (QED) is 0.314. The molecule has 11 heteroatoms. The zero-order valence-corrected chi connectivity index (χ0v) is 17.2. The van der Waals surface area contributed by atoms with Crippen molar-refractivity contribution in [3.63, 3.8) is 0 Å². The maximum atomic E-state index is 13.8. The minimum Gasteiger partial charge on any atom is -0.419 e. The minimum absolute atomic E-state index is 0.0322. The standard InChI is InChI=1S/C23H14F6N4O/c24-22(25,26)15-3-1-2-13(8-15)21-32-31-19(34-21)11-33-17-7-6-14(10-30)20(23(27,28)29)16(17)9-18(33)12-4-5-12/h1-3,6-9,12H,4-5,11H2. The summed E-state index contributed by atoms with van der Waals surface area (Å²) in [4.78, 5) is 0. The Morgan fingerprint density at radius 3 is 2.41 bits per heavy atom. The second-order valence-corrected chi connectivity index (χ2v) is 8.04. The lowest BCUT2D eigenvalue weighted by Gasteiger charge is -2.11. The molecule has 0 aliphatic heterocycles. The van der Waals surface area contributed by atoms with Crippen molar-refractivity contribution < 1.29 is 30.8 Å². The molecule has 0 amide bonds. The molecule has 0 spiro atoms. The average Bonchev–Trinajstić information content (AvgIpc) is 3.41. The maximum Gasteiger partial charge on any atom is 0.418 e. The third-order valence-electron chi connectivity index (χ3n) is 5.71. The van der Waals surface area contributed by atoms with Gasteiger partial charge in [-0.25, -0.2) is 0 Å². The fourth-order valence-electron chi connectivity index (χ4n) is 4.05. The summed E-state index contributed by atoms with van der Waals surface area (Å²) in [7, 11) is 0. The molecule has 1 fully saturated rings. The molecule has 0 unspecified atom stereocenters. The predicted octanol–water partition coefficient (Wildman–Crippen LogP) is 6.53. The van der Waals surface area contributed by atoms with E-state index in [0.717, 1.165) is 31.0 Å². The zero-order chi connectivity index (χ0) is 24.3. The lowest BCUT2D eigenvalue weighted by molar-refractivity contribution is -0.138. The van der Waals surface area contributed by atoms with Crippen molar-refractivity contribution in [2.24, 2.45) is 0 Å². The van der Waals surface area contributed by atoms with E-state index in [1.54, 1.807) is 10.6 Å². The summed E-state index contributed by atoms with van der Waals surface area (Å²) in [6, 6.07) is 10.0. The first-order chi connectivity index (χ1) is 16.1. The number of fused-ring (bicyclic) bond motifs is 1. The van der Waals surface area contributed by atoms with E-state index in [1.807, 2.05) is 0 Å². The smallest absolute Gasteiger partial charge is 0.418 e. The Morgan fingerprint density at radius 2 is 1.76 bits per heavy atom. The third-order valence-corrected chi connectivity index (χ3v) is 5.71. The molecule has 5 nitrogen and oxygen atoms in total. The first-order valence-corrected chi connectivity index (χ1v) is 10.2. The summed E-state index contributed by atoms with van der Waals surface area (Å²) in [6.07, 6.45) is -7.65. The average molecular weight is 476 g/mol. The molecule has 1 saturated carbocycles. The van der Waals surface area contributed by atoms with Gasteiger partial charge in [0, 0.05) is 22.2 Å². The monoisotopic (exact) mass is 476 g/mol. The highest BCUT2D eigenvalue weighted by molar-refractivity contribution is 5.88. The van der Waals surface area contributed by atoms with Gasteiger partial charge >= 0.3 is 12.4 Å². The van der Waals surface area contributed by atoms with Gasteiger partial charge in [0.2, 0.25) is 11.8 Å². The van der Waals surface area contributed by atoms with Crippen molar-refractivity contribution in [1.29, 1.82) is 5.26 Å². The van der Waals surface area contributed by atoms with Crippen molar-refractivity contribution in [3.8, 4) is 17.5 Å². The molecule has 174 valence electrons. The van der Waals surface area contributed by atoms with E-state index in [4.69, 9.17) is 4.42 Å². The van der Waals surface area contributed by atoms with Gasteiger partial charge in [-0.1, -0.05) is 6.07 Å². The molecule has 0 bridgehead atoms.